The number of nitrogens with one attached hydrogen (secondary N) is 2. The lowest BCUT2D eigenvalue weighted by Gasteiger charge is -2.15. The smallest absolute Gasteiger partial charge is 0.319 e. The minimum Gasteiger partial charge on any atom is -0.494 e. The van der Waals surface area contributed by atoms with E-state index in [1.54, 1.807) is 24.5 Å². The van der Waals surface area contributed by atoms with Crippen molar-refractivity contribution in [1.29, 1.82) is 0 Å². The minimum absolute atomic E-state index is 0.152. The van der Waals surface area contributed by atoms with Crippen molar-refractivity contribution in [3.8, 4) is 5.75 Å². The molecular formula is C18H22N4O3. The predicted octanol–water partition coefficient (Wildman–Crippen LogP) is 1.95. The van der Waals surface area contributed by atoms with Crippen LogP contribution in [-0.4, -0.2) is 30.1 Å². The summed E-state index contributed by atoms with van der Waals surface area (Å²) in [6.45, 7) is 2.67. The number of benzene rings is 1. The number of hydrogen-bond acceptors (Lipinski definition) is 4. The Morgan fingerprint density at radius 2 is 1.84 bits per heavy atom. The van der Waals surface area contributed by atoms with Gasteiger partial charge in [-0.2, -0.15) is 0 Å². The van der Waals surface area contributed by atoms with Crippen molar-refractivity contribution in [2.24, 2.45) is 11.7 Å². The van der Waals surface area contributed by atoms with Gasteiger partial charge in [-0.1, -0.05) is 12.1 Å². The van der Waals surface area contributed by atoms with Crippen LogP contribution in [0.3, 0.4) is 0 Å². The molecule has 0 fully saturated rings. The summed E-state index contributed by atoms with van der Waals surface area (Å²) in [7, 11) is 0. The molecule has 2 rings (SSSR count). The second-order valence-corrected chi connectivity index (χ2v) is 5.45. The Morgan fingerprint density at radius 1 is 1.16 bits per heavy atom. The third-order valence-electron chi connectivity index (χ3n) is 3.57. The van der Waals surface area contributed by atoms with Crippen LogP contribution in [-0.2, 0) is 11.2 Å². The van der Waals surface area contributed by atoms with Gasteiger partial charge in [0.1, 0.15) is 5.75 Å². The number of amides is 3. The van der Waals surface area contributed by atoms with Crippen LogP contribution in [0.1, 0.15) is 12.5 Å². The lowest BCUT2D eigenvalue weighted by molar-refractivity contribution is -0.121. The maximum atomic E-state index is 11.9. The minimum atomic E-state index is -0.499. The number of carbonyl (C=O) groups excluding carboxylic acids is 2. The number of hydrogen-bond donors (Lipinski definition) is 3. The van der Waals surface area contributed by atoms with Crippen LogP contribution in [0.25, 0.3) is 0 Å². The first-order valence-electron chi connectivity index (χ1n) is 8.04. The molecule has 0 aliphatic heterocycles. The second-order valence-electron chi connectivity index (χ2n) is 5.45. The van der Waals surface area contributed by atoms with E-state index in [2.05, 4.69) is 15.6 Å². The largest absolute Gasteiger partial charge is 0.494 e. The third-order valence-corrected chi connectivity index (χ3v) is 3.57. The number of carbonyl (C=O) groups is 2. The zero-order valence-electron chi connectivity index (χ0n) is 14.1. The fraction of sp³-hybridized carbons (Fsp3) is 0.278. The van der Waals surface area contributed by atoms with Crippen LogP contribution in [0.15, 0.2) is 48.8 Å². The summed E-state index contributed by atoms with van der Waals surface area (Å²) >= 11 is 0. The van der Waals surface area contributed by atoms with Crippen molar-refractivity contribution >= 4 is 17.6 Å². The van der Waals surface area contributed by atoms with Gasteiger partial charge in [0, 0.05) is 24.6 Å². The zero-order chi connectivity index (χ0) is 18.1. The molecule has 1 atom stereocenters. The highest BCUT2D eigenvalue weighted by molar-refractivity contribution is 5.89. The molecule has 0 spiro atoms. The van der Waals surface area contributed by atoms with E-state index < -0.39 is 17.9 Å². The number of anilines is 1. The van der Waals surface area contributed by atoms with Crippen LogP contribution in [0, 0.1) is 5.92 Å². The summed E-state index contributed by atoms with van der Waals surface area (Å²) in [6, 6.07) is 10.4. The summed E-state index contributed by atoms with van der Waals surface area (Å²) in [4.78, 5) is 27.4. The standard InChI is InChI=1S/C18H22N4O3/c1-2-25-16-5-3-13(4-6-16)11-14(17(19)23)12-21-18(24)22-15-7-9-20-10-8-15/h3-10,14H,2,11-12H2,1H3,(H2,19,23)(H2,20,21,22,24)/t14-/m1/s1. The van der Waals surface area contributed by atoms with Crippen molar-refractivity contribution in [2.75, 3.05) is 18.5 Å². The molecule has 2 aromatic rings. The fourth-order valence-electron chi connectivity index (χ4n) is 2.27. The molecule has 7 heteroatoms. The predicted molar refractivity (Wildman–Crippen MR) is 95.3 cm³/mol. The Balaban J connectivity index is 1.87. The number of pyridine rings is 1. The fourth-order valence-corrected chi connectivity index (χ4v) is 2.27. The molecule has 0 bridgehead atoms. The molecule has 1 aromatic heterocycles. The monoisotopic (exact) mass is 342 g/mol. The lowest BCUT2D eigenvalue weighted by atomic mass is 9.98. The Morgan fingerprint density at radius 3 is 2.44 bits per heavy atom. The van der Waals surface area contributed by atoms with Crippen molar-refractivity contribution in [3.05, 3.63) is 54.4 Å². The second kappa shape index (κ2) is 9.27. The van der Waals surface area contributed by atoms with Gasteiger partial charge < -0.3 is 21.1 Å². The first-order valence-corrected chi connectivity index (χ1v) is 8.04. The van der Waals surface area contributed by atoms with E-state index in [4.69, 9.17) is 10.5 Å². The quantitative estimate of drug-likeness (QED) is 0.681. The van der Waals surface area contributed by atoms with Crippen molar-refractivity contribution in [2.45, 2.75) is 13.3 Å². The maximum absolute atomic E-state index is 11.9. The first-order chi connectivity index (χ1) is 12.1. The number of urea groups is 1. The molecule has 4 N–H and O–H groups in total. The highest BCUT2D eigenvalue weighted by atomic mass is 16.5. The molecule has 3 amide bonds. The molecule has 132 valence electrons. The molecule has 1 heterocycles. The maximum Gasteiger partial charge on any atom is 0.319 e. The van der Waals surface area contributed by atoms with Crippen LogP contribution >= 0.6 is 0 Å². The van der Waals surface area contributed by atoms with Gasteiger partial charge in [-0.3, -0.25) is 9.78 Å². The van der Waals surface area contributed by atoms with Crippen LogP contribution in [0.5, 0.6) is 5.75 Å². The van der Waals surface area contributed by atoms with Crippen LogP contribution in [0.2, 0.25) is 0 Å². The average molecular weight is 342 g/mol. The van der Waals surface area contributed by atoms with E-state index in [-0.39, 0.29) is 6.54 Å². The van der Waals surface area contributed by atoms with Gasteiger partial charge in [-0.05, 0) is 43.2 Å². The highest BCUT2D eigenvalue weighted by Crippen LogP contribution is 2.15. The summed E-state index contributed by atoms with van der Waals surface area (Å²) < 4.78 is 5.39. The Kier molecular flexibility index (Phi) is 6.76. The van der Waals surface area contributed by atoms with Gasteiger partial charge >= 0.3 is 6.03 Å². The van der Waals surface area contributed by atoms with E-state index >= 15 is 0 Å². The molecule has 1 aromatic carbocycles. The summed E-state index contributed by atoms with van der Waals surface area (Å²) in [5.74, 6) is -0.184. The van der Waals surface area contributed by atoms with E-state index in [0.29, 0.717) is 18.7 Å². The van der Waals surface area contributed by atoms with Gasteiger partial charge in [-0.25, -0.2) is 4.79 Å². The van der Waals surface area contributed by atoms with Gasteiger partial charge in [0.05, 0.1) is 12.5 Å². The normalized spacial score (nSPS) is 11.4. The van der Waals surface area contributed by atoms with E-state index in [1.807, 2.05) is 31.2 Å². The van der Waals surface area contributed by atoms with Gasteiger partial charge in [0.25, 0.3) is 0 Å². The number of rotatable bonds is 8. The summed E-state index contributed by atoms with van der Waals surface area (Å²) in [5, 5.41) is 5.33. The van der Waals surface area contributed by atoms with E-state index in [9.17, 15) is 9.59 Å². The summed E-state index contributed by atoms with van der Waals surface area (Å²) in [5.41, 5.74) is 7.03. The molecule has 0 aliphatic carbocycles. The van der Waals surface area contributed by atoms with Crippen molar-refractivity contribution in [3.63, 3.8) is 0 Å². The van der Waals surface area contributed by atoms with Gasteiger partial charge in [0.15, 0.2) is 0 Å². The number of nitrogens with zero attached hydrogens (tertiary/aromatic N) is 1. The molecule has 0 aliphatic rings. The van der Waals surface area contributed by atoms with Gasteiger partial charge in [-0.15, -0.1) is 0 Å². The van der Waals surface area contributed by atoms with Crippen molar-refractivity contribution < 1.29 is 14.3 Å². The Hall–Kier alpha value is -3.09. The Bertz CT molecular complexity index is 689. The van der Waals surface area contributed by atoms with Crippen LogP contribution < -0.4 is 21.1 Å². The zero-order valence-corrected chi connectivity index (χ0v) is 14.1. The Labute approximate surface area is 146 Å². The number of aromatic nitrogens is 1. The van der Waals surface area contributed by atoms with E-state index in [1.165, 1.54) is 0 Å². The summed E-state index contributed by atoms with van der Waals surface area (Å²) in [6.07, 6.45) is 3.60. The van der Waals surface area contributed by atoms with E-state index in [0.717, 1.165) is 11.3 Å². The SMILES string of the molecule is CCOc1ccc(C[C@H](CNC(=O)Nc2ccncc2)C(N)=O)cc1. The lowest BCUT2D eigenvalue weighted by Crippen LogP contribution is -2.39. The topological polar surface area (TPSA) is 106 Å². The molecule has 25 heavy (non-hydrogen) atoms. The number of nitrogens with two attached hydrogens (primary N) is 1. The first kappa shape index (κ1) is 18.3. The third kappa shape index (κ3) is 6.14. The van der Waals surface area contributed by atoms with Crippen molar-refractivity contribution in [1.82, 2.24) is 10.3 Å². The number of primary amides is 1. The molecule has 0 saturated heterocycles. The van der Waals surface area contributed by atoms with Gasteiger partial charge in [0.2, 0.25) is 5.91 Å². The van der Waals surface area contributed by atoms with Crippen LogP contribution in [0.4, 0.5) is 10.5 Å². The molecule has 0 unspecified atom stereocenters. The number of ether oxygens (including phenoxy) is 1. The molecule has 7 nitrogen and oxygen atoms in total. The molecule has 0 saturated carbocycles. The molecular weight excluding hydrogens is 320 g/mol. The average Bonchev–Trinajstić information content (AvgIpc) is 2.61. The molecule has 0 radical (unpaired) electrons. The highest BCUT2D eigenvalue weighted by Gasteiger charge is 2.17.